The lowest BCUT2D eigenvalue weighted by Gasteiger charge is -2.34. The largest absolute Gasteiger partial charge is 0.335 e. The Bertz CT molecular complexity index is 391. The van der Waals surface area contributed by atoms with Gasteiger partial charge in [0, 0.05) is 19.5 Å². The number of H-pyrrole nitrogens is 1. The molecule has 0 aromatic carbocycles. The van der Waals surface area contributed by atoms with Gasteiger partial charge in [-0.15, -0.1) is 5.10 Å². The number of carbonyl (C=O) groups excluding carboxylic acids is 1. The standard InChI is InChI=1S/C12H20N4O/c1-4-10-13-11(15-14-10)12(17)16-6-8(2)5-9(3)7-16/h8-9H,4-7H2,1-3H3,(H,13,14,15). The predicted molar refractivity (Wildman–Crippen MR) is 64.6 cm³/mol. The van der Waals surface area contributed by atoms with E-state index in [0.717, 1.165) is 25.3 Å². The van der Waals surface area contributed by atoms with Gasteiger partial charge in [-0.1, -0.05) is 20.8 Å². The summed E-state index contributed by atoms with van der Waals surface area (Å²) < 4.78 is 0. The molecular formula is C12H20N4O. The molecule has 0 saturated carbocycles. The van der Waals surface area contributed by atoms with E-state index in [9.17, 15) is 4.79 Å². The molecule has 1 aliphatic rings. The van der Waals surface area contributed by atoms with Crippen LogP contribution in [0.1, 0.15) is 43.6 Å². The van der Waals surface area contributed by atoms with Gasteiger partial charge < -0.3 is 4.90 Å². The first-order valence-corrected chi connectivity index (χ1v) is 6.30. The number of aromatic amines is 1. The Morgan fingerprint density at radius 3 is 2.59 bits per heavy atom. The van der Waals surface area contributed by atoms with Gasteiger partial charge in [0.1, 0.15) is 5.82 Å². The van der Waals surface area contributed by atoms with Crippen molar-refractivity contribution in [2.45, 2.75) is 33.6 Å². The predicted octanol–water partition coefficient (Wildman–Crippen LogP) is 1.49. The van der Waals surface area contributed by atoms with E-state index in [-0.39, 0.29) is 5.91 Å². The third-order valence-electron chi connectivity index (χ3n) is 3.21. The van der Waals surface area contributed by atoms with Crippen LogP contribution in [-0.2, 0) is 6.42 Å². The van der Waals surface area contributed by atoms with Gasteiger partial charge in [0.2, 0.25) is 5.82 Å². The molecule has 2 unspecified atom stereocenters. The first-order chi connectivity index (χ1) is 8.10. The Kier molecular flexibility index (Phi) is 3.45. The van der Waals surface area contributed by atoms with Crippen molar-refractivity contribution >= 4 is 5.91 Å². The monoisotopic (exact) mass is 236 g/mol. The average Bonchev–Trinajstić information content (AvgIpc) is 2.75. The van der Waals surface area contributed by atoms with Crippen molar-refractivity contribution in [2.24, 2.45) is 11.8 Å². The number of nitrogens with zero attached hydrogens (tertiary/aromatic N) is 3. The molecule has 1 N–H and O–H groups in total. The molecule has 2 heterocycles. The highest BCUT2D eigenvalue weighted by molar-refractivity contribution is 5.90. The third kappa shape index (κ3) is 2.65. The van der Waals surface area contributed by atoms with E-state index in [2.05, 4.69) is 29.0 Å². The molecule has 1 aromatic heterocycles. The number of likely N-dealkylation sites (tertiary alicyclic amines) is 1. The Morgan fingerprint density at radius 1 is 1.41 bits per heavy atom. The highest BCUT2D eigenvalue weighted by atomic mass is 16.2. The van der Waals surface area contributed by atoms with Crippen molar-refractivity contribution in [3.05, 3.63) is 11.6 Å². The van der Waals surface area contributed by atoms with Crippen LogP contribution in [0.3, 0.4) is 0 Å². The van der Waals surface area contributed by atoms with Gasteiger partial charge in [-0.3, -0.25) is 9.89 Å². The Morgan fingerprint density at radius 2 is 2.06 bits per heavy atom. The minimum absolute atomic E-state index is 0.0423. The average molecular weight is 236 g/mol. The molecular weight excluding hydrogens is 216 g/mol. The number of amides is 1. The van der Waals surface area contributed by atoms with Gasteiger partial charge in [-0.2, -0.15) is 0 Å². The van der Waals surface area contributed by atoms with E-state index in [4.69, 9.17) is 0 Å². The van der Waals surface area contributed by atoms with E-state index in [1.54, 1.807) is 0 Å². The van der Waals surface area contributed by atoms with Crippen LogP contribution in [0.15, 0.2) is 0 Å². The minimum atomic E-state index is -0.0423. The summed E-state index contributed by atoms with van der Waals surface area (Å²) in [4.78, 5) is 18.3. The molecule has 1 saturated heterocycles. The zero-order valence-electron chi connectivity index (χ0n) is 10.7. The number of rotatable bonds is 2. The zero-order valence-corrected chi connectivity index (χ0v) is 10.7. The van der Waals surface area contributed by atoms with Crippen molar-refractivity contribution < 1.29 is 4.79 Å². The molecule has 5 heteroatoms. The number of nitrogens with one attached hydrogen (secondary N) is 1. The molecule has 0 spiro atoms. The summed E-state index contributed by atoms with van der Waals surface area (Å²) in [7, 11) is 0. The fourth-order valence-corrected chi connectivity index (χ4v) is 2.52. The summed E-state index contributed by atoms with van der Waals surface area (Å²) in [6.07, 6.45) is 1.96. The minimum Gasteiger partial charge on any atom is -0.335 e. The molecule has 2 rings (SSSR count). The van der Waals surface area contributed by atoms with Gasteiger partial charge in [-0.25, -0.2) is 4.98 Å². The Balaban J connectivity index is 2.08. The topological polar surface area (TPSA) is 61.9 Å². The normalized spacial score (nSPS) is 25.0. The first-order valence-electron chi connectivity index (χ1n) is 6.30. The van der Waals surface area contributed by atoms with Crippen LogP contribution in [0.2, 0.25) is 0 Å². The summed E-state index contributed by atoms with van der Waals surface area (Å²) in [5.41, 5.74) is 0. The van der Waals surface area contributed by atoms with Gasteiger partial charge in [0.25, 0.3) is 5.91 Å². The number of aryl methyl sites for hydroxylation is 1. The molecule has 1 amide bonds. The quantitative estimate of drug-likeness (QED) is 0.846. The summed E-state index contributed by atoms with van der Waals surface area (Å²) in [5, 5.41) is 6.77. The molecule has 1 aliphatic heterocycles. The lowest BCUT2D eigenvalue weighted by atomic mass is 9.92. The molecule has 5 nitrogen and oxygen atoms in total. The lowest BCUT2D eigenvalue weighted by Crippen LogP contribution is -2.43. The Hall–Kier alpha value is -1.39. The van der Waals surface area contributed by atoms with Crippen LogP contribution in [0.4, 0.5) is 0 Å². The van der Waals surface area contributed by atoms with Gasteiger partial charge in [0.15, 0.2) is 0 Å². The van der Waals surface area contributed by atoms with Crippen LogP contribution in [0.25, 0.3) is 0 Å². The number of hydrogen-bond donors (Lipinski definition) is 1. The highest BCUT2D eigenvalue weighted by Gasteiger charge is 2.28. The third-order valence-corrected chi connectivity index (χ3v) is 3.21. The van der Waals surface area contributed by atoms with Crippen LogP contribution in [-0.4, -0.2) is 39.1 Å². The number of carbonyl (C=O) groups is 1. The maximum atomic E-state index is 12.2. The summed E-state index contributed by atoms with van der Waals surface area (Å²) >= 11 is 0. The summed E-state index contributed by atoms with van der Waals surface area (Å²) in [6, 6.07) is 0. The SMILES string of the molecule is CCc1nc(C(=O)N2CC(C)CC(C)C2)n[nH]1. The summed E-state index contributed by atoms with van der Waals surface area (Å²) in [6.45, 7) is 7.99. The fourth-order valence-electron chi connectivity index (χ4n) is 2.52. The van der Waals surface area contributed by atoms with Gasteiger partial charge >= 0.3 is 0 Å². The van der Waals surface area contributed by atoms with Crippen molar-refractivity contribution in [3.8, 4) is 0 Å². The molecule has 1 aromatic rings. The molecule has 0 aliphatic carbocycles. The Labute approximate surface area is 102 Å². The zero-order chi connectivity index (χ0) is 12.4. The second-order valence-electron chi connectivity index (χ2n) is 5.12. The van der Waals surface area contributed by atoms with Crippen molar-refractivity contribution in [3.63, 3.8) is 0 Å². The van der Waals surface area contributed by atoms with Crippen molar-refractivity contribution in [1.82, 2.24) is 20.1 Å². The highest BCUT2D eigenvalue weighted by Crippen LogP contribution is 2.21. The summed E-state index contributed by atoms with van der Waals surface area (Å²) in [5.74, 6) is 2.16. The number of aromatic nitrogens is 3. The number of hydrogen-bond acceptors (Lipinski definition) is 3. The van der Waals surface area contributed by atoms with E-state index < -0.39 is 0 Å². The second kappa shape index (κ2) is 4.85. The first kappa shape index (κ1) is 12.1. The maximum Gasteiger partial charge on any atom is 0.293 e. The smallest absolute Gasteiger partial charge is 0.293 e. The lowest BCUT2D eigenvalue weighted by molar-refractivity contribution is 0.0611. The second-order valence-corrected chi connectivity index (χ2v) is 5.12. The van der Waals surface area contributed by atoms with Crippen molar-refractivity contribution in [1.29, 1.82) is 0 Å². The van der Waals surface area contributed by atoms with E-state index in [1.165, 1.54) is 6.42 Å². The van der Waals surface area contributed by atoms with Gasteiger partial charge in [-0.05, 0) is 18.3 Å². The molecule has 94 valence electrons. The molecule has 0 bridgehead atoms. The molecule has 1 fully saturated rings. The van der Waals surface area contributed by atoms with Crippen LogP contribution >= 0.6 is 0 Å². The molecule has 2 atom stereocenters. The van der Waals surface area contributed by atoms with E-state index in [0.29, 0.717) is 17.7 Å². The van der Waals surface area contributed by atoms with Crippen LogP contribution in [0, 0.1) is 11.8 Å². The molecule has 0 radical (unpaired) electrons. The van der Waals surface area contributed by atoms with Crippen LogP contribution in [0.5, 0.6) is 0 Å². The van der Waals surface area contributed by atoms with Crippen molar-refractivity contribution in [2.75, 3.05) is 13.1 Å². The van der Waals surface area contributed by atoms with E-state index >= 15 is 0 Å². The van der Waals surface area contributed by atoms with Crippen LogP contribution < -0.4 is 0 Å². The van der Waals surface area contributed by atoms with E-state index in [1.807, 2.05) is 11.8 Å². The number of piperidine rings is 1. The van der Waals surface area contributed by atoms with Gasteiger partial charge in [0.05, 0.1) is 0 Å². The fraction of sp³-hybridized carbons (Fsp3) is 0.750. The molecule has 17 heavy (non-hydrogen) atoms. The maximum absolute atomic E-state index is 12.2.